The molecule has 1 amide bonds. The zero-order valence-electron chi connectivity index (χ0n) is 10.8. The van der Waals surface area contributed by atoms with Crippen molar-refractivity contribution >= 4 is 5.91 Å². The predicted molar refractivity (Wildman–Crippen MR) is 65.9 cm³/mol. The molecule has 0 radical (unpaired) electrons. The van der Waals surface area contributed by atoms with E-state index in [4.69, 9.17) is 9.47 Å². The fraction of sp³-hybridized carbons (Fsp3) is 0.917. The quantitative estimate of drug-likeness (QED) is 0.626. The third-order valence-electron chi connectivity index (χ3n) is 3.11. The van der Waals surface area contributed by atoms with Crippen molar-refractivity contribution in [1.82, 2.24) is 10.6 Å². The second-order valence-electron chi connectivity index (χ2n) is 4.53. The summed E-state index contributed by atoms with van der Waals surface area (Å²) in [6, 6.07) is 0.395. The standard InChI is InChI=1S/C12H24N2O3/c1-10-4-3-5-13-11(10)8-14-12(15)9-17-7-6-16-2/h10-11,13H,3-9H2,1-2H3,(H,14,15). The zero-order chi connectivity index (χ0) is 12.5. The smallest absolute Gasteiger partial charge is 0.246 e. The van der Waals surface area contributed by atoms with Crippen molar-refractivity contribution in [1.29, 1.82) is 0 Å². The molecule has 1 aliphatic rings. The summed E-state index contributed by atoms with van der Waals surface area (Å²) in [5.74, 6) is 0.569. The van der Waals surface area contributed by atoms with E-state index in [9.17, 15) is 4.79 Å². The molecule has 2 N–H and O–H groups in total. The first-order valence-electron chi connectivity index (χ1n) is 6.30. The van der Waals surface area contributed by atoms with Crippen LogP contribution in [-0.4, -0.2) is 52.0 Å². The lowest BCUT2D eigenvalue weighted by Crippen LogP contribution is -2.48. The number of amides is 1. The van der Waals surface area contributed by atoms with E-state index in [1.807, 2.05) is 0 Å². The highest BCUT2D eigenvalue weighted by Crippen LogP contribution is 2.14. The Bertz CT molecular complexity index is 224. The average Bonchev–Trinajstić information content (AvgIpc) is 2.34. The van der Waals surface area contributed by atoms with Crippen molar-refractivity contribution in [2.24, 2.45) is 5.92 Å². The highest BCUT2D eigenvalue weighted by atomic mass is 16.5. The number of nitrogens with one attached hydrogen (secondary N) is 2. The number of rotatable bonds is 7. The lowest BCUT2D eigenvalue weighted by molar-refractivity contribution is -0.126. The van der Waals surface area contributed by atoms with Crippen molar-refractivity contribution in [2.75, 3.05) is 40.0 Å². The normalized spacial score (nSPS) is 24.6. The summed E-state index contributed by atoms with van der Waals surface area (Å²) in [6.45, 7) is 5.06. The predicted octanol–water partition coefficient (Wildman–Crippen LogP) is 0.154. The molecular weight excluding hydrogens is 220 g/mol. The van der Waals surface area contributed by atoms with Crippen LogP contribution < -0.4 is 10.6 Å². The Morgan fingerprint density at radius 3 is 3.00 bits per heavy atom. The number of piperidine rings is 1. The SMILES string of the molecule is COCCOCC(=O)NCC1NCCCC1C. The van der Waals surface area contributed by atoms with Crippen LogP contribution >= 0.6 is 0 Å². The zero-order valence-corrected chi connectivity index (χ0v) is 10.8. The third-order valence-corrected chi connectivity index (χ3v) is 3.11. The molecule has 0 aromatic carbocycles. The molecule has 100 valence electrons. The topological polar surface area (TPSA) is 59.6 Å². The van der Waals surface area contributed by atoms with Gasteiger partial charge in [0, 0.05) is 19.7 Å². The maximum absolute atomic E-state index is 11.5. The Kier molecular flexibility index (Phi) is 7.16. The Labute approximate surface area is 103 Å². The van der Waals surface area contributed by atoms with Crippen molar-refractivity contribution in [3.63, 3.8) is 0 Å². The van der Waals surface area contributed by atoms with Gasteiger partial charge >= 0.3 is 0 Å². The molecule has 1 aliphatic heterocycles. The summed E-state index contributed by atoms with van der Waals surface area (Å²) in [4.78, 5) is 11.5. The van der Waals surface area contributed by atoms with Gasteiger partial charge in [-0.1, -0.05) is 6.92 Å². The minimum absolute atomic E-state index is 0.0549. The second kappa shape index (κ2) is 8.44. The van der Waals surface area contributed by atoms with Crippen molar-refractivity contribution in [3.8, 4) is 0 Å². The first-order valence-corrected chi connectivity index (χ1v) is 6.30. The molecule has 0 aromatic heterocycles. The second-order valence-corrected chi connectivity index (χ2v) is 4.53. The molecule has 17 heavy (non-hydrogen) atoms. The maximum Gasteiger partial charge on any atom is 0.246 e. The molecule has 1 fully saturated rings. The average molecular weight is 244 g/mol. The highest BCUT2D eigenvalue weighted by Gasteiger charge is 2.20. The highest BCUT2D eigenvalue weighted by molar-refractivity contribution is 5.77. The van der Waals surface area contributed by atoms with Crippen LogP contribution in [0.5, 0.6) is 0 Å². The number of carbonyl (C=O) groups excluding carboxylic acids is 1. The van der Waals surface area contributed by atoms with Crippen molar-refractivity contribution in [3.05, 3.63) is 0 Å². The monoisotopic (exact) mass is 244 g/mol. The van der Waals surface area contributed by atoms with Crippen LogP contribution in [0.2, 0.25) is 0 Å². The van der Waals surface area contributed by atoms with Crippen LogP contribution in [0.25, 0.3) is 0 Å². The van der Waals surface area contributed by atoms with Gasteiger partial charge in [-0.25, -0.2) is 0 Å². The van der Waals surface area contributed by atoms with Crippen LogP contribution in [0.15, 0.2) is 0 Å². The number of methoxy groups -OCH3 is 1. The van der Waals surface area contributed by atoms with E-state index in [-0.39, 0.29) is 12.5 Å². The molecule has 2 atom stereocenters. The van der Waals surface area contributed by atoms with E-state index >= 15 is 0 Å². The number of hydrogen-bond acceptors (Lipinski definition) is 4. The van der Waals surface area contributed by atoms with Crippen molar-refractivity contribution in [2.45, 2.75) is 25.8 Å². The molecule has 1 heterocycles. The van der Waals surface area contributed by atoms with E-state index in [2.05, 4.69) is 17.6 Å². The van der Waals surface area contributed by atoms with Gasteiger partial charge in [0.1, 0.15) is 6.61 Å². The molecule has 5 heteroatoms. The van der Waals surface area contributed by atoms with Gasteiger partial charge in [0.15, 0.2) is 0 Å². The summed E-state index contributed by atoms with van der Waals surface area (Å²) in [5.41, 5.74) is 0. The lowest BCUT2D eigenvalue weighted by Gasteiger charge is -2.30. The Hall–Kier alpha value is -0.650. The molecule has 1 rings (SSSR count). The number of ether oxygens (including phenoxy) is 2. The van der Waals surface area contributed by atoms with Gasteiger partial charge < -0.3 is 20.1 Å². The van der Waals surface area contributed by atoms with E-state index in [1.54, 1.807) is 7.11 Å². The summed E-state index contributed by atoms with van der Waals surface area (Å²) >= 11 is 0. The van der Waals surface area contributed by atoms with Gasteiger partial charge in [-0.3, -0.25) is 4.79 Å². The van der Waals surface area contributed by atoms with Crippen LogP contribution in [0.1, 0.15) is 19.8 Å². The first-order chi connectivity index (χ1) is 8.24. The largest absolute Gasteiger partial charge is 0.382 e. The van der Waals surface area contributed by atoms with E-state index in [0.717, 1.165) is 6.54 Å². The lowest BCUT2D eigenvalue weighted by atomic mass is 9.93. The Morgan fingerprint density at radius 2 is 2.29 bits per heavy atom. The van der Waals surface area contributed by atoms with Crippen LogP contribution in [0.4, 0.5) is 0 Å². The van der Waals surface area contributed by atoms with Crippen LogP contribution in [0, 0.1) is 5.92 Å². The van der Waals surface area contributed by atoms with Crippen LogP contribution in [-0.2, 0) is 14.3 Å². The van der Waals surface area contributed by atoms with Gasteiger partial charge in [-0.15, -0.1) is 0 Å². The molecule has 0 aliphatic carbocycles. The van der Waals surface area contributed by atoms with Gasteiger partial charge in [0.2, 0.25) is 5.91 Å². The molecule has 0 aromatic rings. The number of hydrogen-bond donors (Lipinski definition) is 2. The van der Waals surface area contributed by atoms with Gasteiger partial charge in [0.25, 0.3) is 0 Å². The summed E-state index contributed by atoms with van der Waals surface area (Å²) in [7, 11) is 1.61. The number of carbonyl (C=O) groups is 1. The summed E-state index contributed by atoms with van der Waals surface area (Å²) in [5, 5.41) is 6.32. The fourth-order valence-electron chi connectivity index (χ4n) is 1.97. The fourth-order valence-corrected chi connectivity index (χ4v) is 1.97. The summed E-state index contributed by atoms with van der Waals surface area (Å²) in [6.07, 6.45) is 2.46. The molecular formula is C12H24N2O3. The Balaban J connectivity index is 2.06. The van der Waals surface area contributed by atoms with Crippen molar-refractivity contribution < 1.29 is 14.3 Å². The molecule has 2 unspecified atom stereocenters. The van der Waals surface area contributed by atoms with Crippen LogP contribution in [0.3, 0.4) is 0 Å². The minimum atomic E-state index is -0.0549. The molecule has 5 nitrogen and oxygen atoms in total. The van der Waals surface area contributed by atoms with Gasteiger partial charge in [-0.2, -0.15) is 0 Å². The molecule has 0 bridgehead atoms. The molecule has 1 saturated heterocycles. The van der Waals surface area contributed by atoms with Gasteiger partial charge in [0.05, 0.1) is 13.2 Å². The summed E-state index contributed by atoms with van der Waals surface area (Å²) < 4.78 is 9.97. The molecule has 0 saturated carbocycles. The van der Waals surface area contributed by atoms with E-state index in [0.29, 0.717) is 31.7 Å². The third kappa shape index (κ3) is 6.00. The van der Waals surface area contributed by atoms with E-state index in [1.165, 1.54) is 12.8 Å². The Morgan fingerprint density at radius 1 is 1.47 bits per heavy atom. The van der Waals surface area contributed by atoms with Gasteiger partial charge in [-0.05, 0) is 25.3 Å². The first kappa shape index (κ1) is 14.4. The van der Waals surface area contributed by atoms with E-state index < -0.39 is 0 Å². The molecule has 0 spiro atoms. The minimum Gasteiger partial charge on any atom is -0.382 e. The maximum atomic E-state index is 11.5.